The molecule has 1 aromatic carbocycles. The molecule has 0 saturated carbocycles. The highest BCUT2D eigenvalue weighted by molar-refractivity contribution is 5.23. The van der Waals surface area contributed by atoms with Gasteiger partial charge < -0.3 is 5.73 Å². The van der Waals surface area contributed by atoms with Gasteiger partial charge in [0, 0.05) is 18.7 Å². The van der Waals surface area contributed by atoms with E-state index in [9.17, 15) is 8.78 Å². The van der Waals surface area contributed by atoms with Gasteiger partial charge in [0.05, 0.1) is 6.04 Å². The molecule has 1 aliphatic heterocycles. The molecular formula is C15H22F2N2. The number of nitrogens with zero attached hydrogens (tertiary/aromatic N) is 1. The summed E-state index contributed by atoms with van der Waals surface area (Å²) in [6.07, 6.45) is 1.10. The van der Waals surface area contributed by atoms with E-state index in [1.165, 1.54) is 12.1 Å². The van der Waals surface area contributed by atoms with E-state index < -0.39 is 5.82 Å². The molecule has 2 N–H and O–H groups in total. The van der Waals surface area contributed by atoms with E-state index in [1.54, 1.807) is 0 Å². The molecule has 0 aromatic heterocycles. The lowest BCUT2D eigenvalue weighted by Gasteiger charge is -2.28. The van der Waals surface area contributed by atoms with Gasteiger partial charge in [-0.25, -0.2) is 8.78 Å². The van der Waals surface area contributed by atoms with E-state index in [1.807, 2.05) is 0 Å². The van der Waals surface area contributed by atoms with Crippen LogP contribution >= 0.6 is 0 Å². The van der Waals surface area contributed by atoms with Crippen LogP contribution in [0.25, 0.3) is 0 Å². The molecule has 0 radical (unpaired) electrons. The molecular weight excluding hydrogens is 246 g/mol. The summed E-state index contributed by atoms with van der Waals surface area (Å²) in [6, 6.07) is 3.38. The van der Waals surface area contributed by atoms with Gasteiger partial charge >= 0.3 is 0 Å². The van der Waals surface area contributed by atoms with Crippen molar-refractivity contribution in [2.45, 2.75) is 26.3 Å². The van der Waals surface area contributed by atoms with Gasteiger partial charge in [-0.15, -0.1) is 0 Å². The van der Waals surface area contributed by atoms with Crippen LogP contribution in [0.4, 0.5) is 8.78 Å². The maximum absolute atomic E-state index is 13.9. The number of hydrogen-bond donors (Lipinski definition) is 1. The maximum atomic E-state index is 13.9. The number of benzene rings is 1. The van der Waals surface area contributed by atoms with Crippen molar-refractivity contribution in [1.82, 2.24) is 4.90 Å². The second kappa shape index (κ2) is 5.97. The Labute approximate surface area is 113 Å². The standard InChI is InChI=1S/C15H22F2N2/c1-10(2)11-5-6-19(9-11)15(8-18)13-7-12(16)3-4-14(13)17/h3-4,7,10-11,15H,5-6,8-9,18H2,1-2H3. The Kier molecular flexibility index (Phi) is 4.53. The maximum Gasteiger partial charge on any atom is 0.128 e. The molecule has 1 fully saturated rings. The van der Waals surface area contributed by atoms with Gasteiger partial charge in [0.25, 0.3) is 0 Å². The Morgan fingerprint density at radius 2 is 2.11 bits per heavy atom. The minimum absolute atomic E-state index is 0.223. The molecule has 1 heterocycles. The van der Waals surface area contributed by atoms with Crippen molar-refractivity contribution in [2.75, 3.05) is 19.6 Å². The summed E-state index contributed by atoms with van der Waals surface area (Å²) in [7, 11) is 0. The highest BCUT2D eigenvalue weighted by atomic mass is 19.1. The van der Waals surface area contributed by atoms with Crippen LogP contribution < -0.4 is 5.73 Å². The lowest BCUT2D eigenvalue weighted by molar-refractivity contribution is 0.227. The van der Waals surface area contributed by atoms with Crippen molar-refractivity contribution in [3.63, 3.8) is 0 Å². The third-order valence-electron chi connectivity index (χ3n) is 4.18. The van der Waals surface area contributed by atoms with Crippen LogP contribution in [0, 0.1) is 23.5 Å². The van der Waals surface area contributed by atoms with Gasteiger partial charge in [0.1, 0.15) is 11.6 Å². The first-order valence-corrected chi connectivity index (χ1v) is 6.92. The highest BCUT2D eigenvalue weighted by Crippen LogP contribution is 2.31. The lowest BCUT2D eigenvalue weighted by Crippen LogP contribution is -2.33. The van der Waals surface area contributed by atoms with Gasteiger partial charge in [-0.1, -0.05) is 13.8 Å². The van der Waals surface area contributed by atoms with Crippen LogP contribution in [0.2, 0.25) is 0 Å². The first-order chi connectivity index (χ1) is 9.02. The molecule has 19 heavy (non-hydrogen) atoms. The average molecular weight is 268 g/mol. The summed E-state index contributed by atoms with van der Waals surface area (Å²) in [5, 5.41) is 0. The number of halogens is 2. The van der Waals surface area contributed by atoms with Gasteiger partial charge in [0.2, 0.25) is 0 Å². The van der Waals surface area contributed by atoms with E-state index >= 15 is 0 Å². The normalized spacial score (nSPS) is 22.1. The minimum atomic E-state index is -0.408. The van der Waals surface area contributed by atoms with Crippen LogP contribution in [0.1, 0.15) is 31.9 Å². The second-order valence-electron chi connectivity index (χ2n) is 5.71. The fraction of sp³-hybridized carbons (Fsp3) is 0.600. The molecule has 4 heteroatoms. The number of hydrogen-bond acceptors (Lipinski definition) is 2. The first-order valence-electron chi connectivity index (χ1n) is 6.92. The molecule has 0 aliphatic carbocycles. The fourth-order valence-electron chi connectivity index (χ4n) is 2.89. The molecule has 0 bridgehead atoms. The Hall–Kier alpha value is -1.00. The second-order valence-corrected chi connectivity index (χ2v) is 5.71. The molecule has 2 atom stereocenters. The van der Waals surface area contributed by atoms with Crippen molar-refractivity contribution in [1.29, 1.82) is 0 Å². The summed E-state index contributed by atoms with van der Waals surface area (Å²) >= 11 is 0. The molecule has 1 saturated heterocycles. The quantitative estimate of drug-likeness (QED) is 0.909. The molecule has 0 amide bonds. The highest BCUT2D eigenvalue weighted by Gasteiger charge is 2.31. The smallest absolute Gasteiger partial charge is 0.128 e. The summed E-state index contributed by atoms with van der Waals surface area (Å²) < 4.78 is 27.2. The van der Waals surface area contributed by atoms with Gasteiger partial charge in [-0.3, -0.25) is 4.90 Å². The third-order valence-corrected chi connectivity index (χ3v) is 4.18. The molecule has 2 nitrogen and oxygen atoms in total. The van der Waals surface area contributed by atoms with Gasteiger partial charge in [-0.05, 0) is 43.0 Å². The third kappa shape index (κ3) is 3.12. The Morgan fingerprint density at radius 1 is 1.37 bits per heavy atom. The van der Waals surface area contributed by atoms with Crippen LogP contribution in [-0.2, 0) is 0 Å². The Morgan fingerprint density at radius 3 is 2.68 bits per heavy atom. The average Bonchev–Trinajstić information content (AvgIpc) is 2.84. The number of rotatable bonds is 4. The van der Waals surface area contributed by atoms with Crippen LogP contribution in [0.5, 0.6) is 0 Å². The van der Waals surface area contributed by atoms with Crippen molar-refractivity contribution < 1.29 is 8.78 Å². The molecule has 2 rings (SSSR count). The molecule has 0 spiro atoms. The van der Waals surface area contributed by atoms with Crippen LogP contribution in [0.15, 0.2) is 18.2 Å². The topological polar surface area (TPSA) is 29.3 Å². The molecule has 106 valence electrons. The fourth-order valence-corrected chi connectivity index (χ4v) is 2.89. The van der Waals surface area contributed by atoms with Crippen LogP contribution in [0.3, 0.4) is 0 Å². The monoisotopic (exact) mass is 268 g/mol. The summed E-state index contributed by atoms with van der Waals surface area (Å²) in [5.74, 6) is 0.450. The first kappa shape index (κ1) is 14.4. The molecule has 1 aromatic rings. The zero-order valence-electron chi connectivity index (χ0n) is 11.6. The van der Waals surface area contributed by atoms with E-state index in [0.29, 0.717) is 23.9 Å². The minimum Gasteiger partial charge on any atom is -0.329 e. The van der Waals surface area contributed by atoms with Crippen molar-refractivity contribution in [3.8, 4) is 0 Å². The zero-order valence-corrected chi connectivity index (χ0v) is 11.6. The van der Waals surface area contributed by atoms with Crippen molar-refractivity contribution in [3.05, 3.63) is 35.4 Å². The van der Waals surface area contributed by atoms with E-state index in [4.69, 9.17) is 5.73 Å². The largest absolute Gasteiger partial charge is 0.329 e. The molecule has 1 aliphatic rings. The van der Waals surface area contributed by atoms with E-state index in [2.05, 4.69) is 18.7 Å². The Bertz CT molecular complexity index is 434. The predicted octanol–water partition coefficient (Wildman–Crippen LogP) is 2.94. The zero-order chi connectivity index (χ0) is 14.0. The van der Waals surface area contributed by atoms with Gasteiger partial charge in [-0.2, -0.15) is 0 Å². The van der Waals surface area contributed by atoms with Crippen molar-refractivity contribution >= 4 is 0 Å². The number of nitrogens with two attached hydrogens (primary N) is 1. The Balaban J connectivity index is 2.19. The summed E-state index contributed by atoms with van der Waals surface area (Å²) in [4.78, 5) is 2.18. The molecule has 2 unspecified atom stereocenters. The summed E-state index contributed by atoms with van der Waals surface area (Å²) in [6.45, 7) is 6.53. The van der Waals surface area contributed by atoms with E-state index in [-0.39, 0.29) is 11.9 Å². The van der Waals surface area contributed by atoms with Crippen molar-refractivity contribution in [2.24, 2.45) is 17.6 Å². The van der Waals surface area contributed by atoms with E-state index in [0.717, 1.165) is 25.6 Å². The summed E-state index contributed by atoms with van der Waals surface area (Å²) in [5.41, 5.74) is 6.18. The number of likely N-dealkylation sites (tertiary alicyclic amines) is 1. The lowest BCUT2D eigenvalue weighted by atomic mass is 9.95. The predicted molar refractivity (Wildman–Crippen MR) is 72.7 cm³/mol. The van der Waals surface area contributed by atoms with Crippen LogP contribution in [-0.4, -0.2) is 24.5 Å². The SMILES string of the molecule is CC(C)C1CCN(C(CN)c2cc(F)ccc2F)C1. The van der Waals surface area contributed by atoms with Gasteiger partial charge in [0.15, 0.2) is 0 Å².